The number of aromatic nitrogens is 4. The van der Waals surface area contributed by atoms with Crippen molar-refractivity contribution in [2.24, 2.45) is 5.92 Å². The summed E-state index contributed by atoms with van der Waals surface area (Å²) in [5, 5.41) is 0. The number of nitrogens with two attached hydrogens (primary N) is 1. The molecule has 3 aromatic carbocycles. The van der Waals surface area contributed by atoms with Crippen molar-refractivity contribution in [3.05, 3.63) is 114 Å². The molecule has 0 radical (unpaired) electrons. The highest BCUT2D eigenvalue weighted by atomic mass is 19.1. The maximum atomic E-state index is 16.4. The normalized spacial score (nSPS) is 20.1. The third-order valence-corrected chi connectivity index (χ3v) is 7.52. The molecule has 8 nitrogen and oxygen atoms in total. The van der Waals surface area contributed by atoms with E-state index in [1.54, 1.807) is 6.33 Å². The summed E-state index contributed by atoms with van der Waals surface area (Å²) < 4.78 is 36.2. The number of hydrogen-bond acceptors (Lipinski definition) is 7. The molecule has 210 valence electrons. The molecule has 1 aliphatic rings. The average Bonchev–Trinajstić information content (AvgIpc) is 3.42. The number of nitrogen functional groups attached to an aromatic ring is 1. The first-order valence-electron chi connectivity index (χ1n) is 13.7. The smallest absolute Gasteiger partial charge is 0.247 e. The summed E-state index contributed by atoms with van der Waals surface area (Å²) in [6, 6.07) is 29.1. The van der Waals surface area contributed by atoms with Crippen molar-refractivity contribution in [3.8, 4) is 5.88 Å². The second-order valence-electron chi connectivity index (χ2n) is 10.4. The third-order valence-electron chi connectivity index (χ3n) is 7.52. The molecule has 41 heavy (non-hydrogen) atoms. The van der Waals surface area contributed by atoms with Crippen molar-refractivity contribution >= 4 is 17.1 Å². The van der Waals surface area contributed by atoms with Crippen molar-refractivity contribution < 1.29 is 18.6 Å². The van der Waals surface area contributed by atoms with E-state index in [0.717, 1.165) is 16.7 Å². The molecule has 2 N–H and O–H groups in total. The zero-order valence-corrected chi connectivity index (χ0v) is 22.6. The molecule has 0 saturated heterocycles. The molecule has 2 aromatic heterocycles. The van der Waals surface area contributed by atoms with Crippen LogP contribution in [0.2, 0.25) is 0 Å². The van der Waals surface area contributed by atoms with Gasteiger partial charge in [-0.15, -0.1) is 0 Å². The van der Waals surface area contributed by atoms with Crippen molar-refractivity contribution in [3.63, 3.8) is 0 Å². The number of imidazole rings is 1. The molecule has 1 fully saturated rings. The van der Waals surface area contributed by atoms with Crippen LogP contribution in [0, 0.1) is 5.92 Å². The minimum atomic E-state index is -1.57. The van der Waals surface area contributed by atoms with Gasteiger partial charge in [0.1, 0.15) is 12.3 Å². The van der Waals surface area contributed by atoms with Crippen LogP contribution in [0.3, 0.4) is 0 Å². The van der Waals surface area contributed by atoms with Gasteiger partial charge in [0, 0.05) is 18.4 Å². The van der Waals surface area contributed by atoms with Gasteiger partial charge in [-0.25, -0.2) is 9.37 Å². The number of benzene rings is 3. The Kier molecular flexibility index (Phi) is 7.89. The Morgan fingerprint density at radius 3 is 2.02 bits per heavy atom. The van der Waals surface area contributed by atoms with E-state index in [0.29, 0.717) is 36.9 Å². The highest BCUT2D eigenvalue weighted by Gasteiger charge is 2.56. The van der Waals surface area contributed by atoms with Crippen molar-refractivity contribution in [1.82, 2.24) is 19.5 Å². The van der Waals surface area contributed by atoms with Crippen LogP contribution < -0.4 is 10.5 Å². The fourth-order valence-electron chi connectivity index (χ4n) is 5.31. The lowest BCUT2D eigenvalue weighted by atomic mass is 9.67. The zero-order valence-electron chi connectivity index (χ0n) is 22.6. The standard InChI is InChI=1S/C32H32FN5O3/c33-32(21-40-18-24-12-6-2-7-13-24)16-27(26(32)20-39-17-23-10-4-1-5-11-23)38-22-35-28-29(38)36-31(34)37-30(28)41-19-25-14-8-3-9-15-25/h1-15,22,26-27H,16-21H2,(H2,34,36,37). The Balaban J connectivity index is 1.21. The van der Waals surface area contributed by atoms with E-state index in [-0.39, 0.29) is 31.6 Å². The number of anilines is 1. The van der Waals surface area contributed by atoms with E-state index < -0.39 is 11.6 Å². The predicted molar refractivity (Wildman–Crippen MR) is 154 cm³/mol. The monoisotopic (exact) mass is 553 g/mol. The van der Waals surface area contributed by atoms with Gasteiger partial charge in [-0.3, -0.25) is 0 Å². The first kappa shape index (κ1) is 26.9. The van der Waals surface area contributed by atoms with Gasteiger partial charge >= 0.3 is 0 Å². The SMILES string of the molecule is Nc1nc(OCc2ccccc2)c2ncn(C3CC(F)(COCc4ccccc4)C3COCc3ccccc3)c2n1. The number of fused-ring (bicyclic) bond motifs is 1. The Hall–Kier alpha value is -4.34. The molecular weight excluding hydrogens is 521 g/mol. The molecule has 2 heterocycles. The molecule has 1 aliphatic carbocycles. The van der Waals surface area contributed by atoms with Gasteiger partial charge in [0.15, 0.2) is 11.2 Å². The number of ether oxygens (including phenoxy) is 3. The van der Waals surface area contributed by atoms with Gasteiger partial charge in [-0.1, -0.05) is 91.0 Å². The van der Waals surface area contributed by atoms with E-state index in [2.05, 4.69) is 15.0 Å². The summed E-state index contributed by atoms with van der Waals surface area (Å²) in [6.45, 7) is 1.22. The van der Waals surface area contributed by atoms with Crippen LogP contribution in [0.4, 0.5) is 10.3 Å². The van der Waals surface area contributed by atoms with Crippen LogP contribution in [0.25, 0.3) is 11.2 Å². The minimum Gasteiger partial charge on any atom is -0.471 e. The molecule has 3 unspecified atom stereocenters. The van der Waals surface area contributed by atoms with Gasteiger partial charge in [0.2, 0.25) is 11.8 Å². The Morgan fingerprint density at radius 1 is 0.805 bits per heavy atom. The molecule has 5 aromatic rings. The second-order valence-corrected chi connectivity index (χ2v) is 10.4. The molecule has 6 rings (SSSR count). The molecule has 9 heteroatoms. The average molecular weight is 554 g/mol. The summed E-state index contributed by atoms with van der Waals surface area (Å²) >= 11 is 0. The summed E-state index contributed by atoms with van der Waals surface area (Å²) in [4.78, 5) is 13.3. The number of rotatable bonds is 12. The summed E-state index contributed by atoms with van der Waals surface area (Å²) in [6.07, 6.45) is 1.89. The van der Waals surface area contributed by atoms with Gasteiger partial charge in [0.25, 0.3) is 0 Å². The molecule has 1 saturated carbocycles. The van der Waals surface area contributed by atoms with E-state index in [1.165, 1.54) is 0 Å². The van der Waals surface area contributed by atoms with Crippen molar-refractivity contribution in [2.45, 2.75) is 38.0 Å². The second kappa shape index (κ2) is 12.0. The maximum absolute atomic E-state index is 16.4. The van der Waals surface area contributed by atoms with Gasteiger partial charge in [-0.05, 0) is 16.7 Å². The molecular formula is C32H32FN5O3. The lowest BCUT2D eigenvalue weighted by Crippen LogP contribution is -2.56. The zero-order chi connectivity index (χ0) is 28.1. The van der Waals surface area contributed by atoms with Gasteiger partial charge < -0.3 is 24.5 Å². The van der Waals surface area contributed by atoms with Crippen LogP contribution in [-0.4, -0.2) is 38.4 Å². The molecule has 0 bridgehead atoms. The van der Waals surface area contributed by atoms with Crippen LogP contribution in [0.15, 0.2) is 97.3 Å². The quantitative estimate of drug-likeness (QED) is 0.212. The number of alkyl halides is 1. The fraction of sp³-hybridized carbons (Fsp3) is 0.281. The fourth-order valence-corrected chi connectivity index (χ4v) is 5.31. The van der Waals surface area contributed by atoms with E-state index >= 15 is 4.39 Å². The van der Waals surface area contributed by atoms with E-state index in [4.69, 9.17) is 19.9 Å². The maximum Gasteiger partial charge on any atom is 0.247 e. The minimum absolute atomic E-state index is 0.0348. The molecule has 0 aliphatic heterocycles. The third kappa shape index (κ3) is 6.06. The summed E-state index contributed by atoms with van der Waals surface area (Å²) in [5.41, 5.74) is 8.51. The number of nitrogens with zero attached hydrogens (tertiary/aromatic N) is 4. The Morgan fingerprint density at radius 2 is 1.39 bits per heavy atom. The number of halogens is 1. The topological polar surface area (TPSA) is 97.3 Å². The van der Waals surface area contributed by atoms with Crippen LogP contribution in [0.5, 0.6) is 5.88 Å². The highest BCUT2D eigenvalue weighted by Crippen LogP contribution is 2.51. The largest absolute Gasteiger partial charge is 0.471 e. The van der Waals surface area contributed by atoms with Crippen molar-refractivity contribution in [2.75, 3.05) is 18.9 Å². The van der Waals surface area contributed by atoms with E-state index in [1.807, 2.05) is 95.6 Å². The predicted octanol–water partition coefficient (Wildman–Crippen LogP) is 5.69. The Labute approximate surface area is 237 Å². The number of hydrogen-bond donors (Lipinski definition) is 1. The molecule has 0 spiro atoms. The lowest BCUT2D eigenvalue weighted by Gasteiger charge is -2.49. The lowest BCUT2D eigenvalue weighted by molar-refractivity contribution is -0.144. The summed E-state index contributed by atoms with van der Waals surface area (Å²) in [7, 11) is 0. The first-order valence-corrected chi connectivity index (χ1v) is 13.7. The van der Waals surface area contributed by atoms with E-state index in [9.17, 15) is 0 Å². The highest BCUT2D eigenvalue weighted by molar-refractivity contribution is 5.77. The van der Waals surface area contributed by atoms with Gasteiger partial charge in [0.05, 0.1) is 32.8 Å². The van der Waals surface area contributed by atoms with Crippen LogP contribution in [0.1, 0.15) is 29.2 Å². The Bertz CT molecular complexity index is 1570. The van der Waals surface area contributed by atoms with Crippen molar-refractivity contribution in [1.29, 1.82) is 0 Å². The first-order chi connectivity index (χ1) is 20.1. The van der Waals surface area contributed by atoms with Gasteiger partial charge in [-0.2, -0.15) is 9.97 Å². The summed E-state index contributed by atoms with van der Waals surface area (Å²) in [5.74, 6) is -0.121. The van der Waals surface area contributed by atoms with Crippen LogP contribution >= 0.6 is 0 Å². The molecule has 0 amide bonds. The molecule has 3 atom stereocenters. The van der Waals surface area contributed by atoms with Crippen LogP contribution in [-0.2, 0) is 29.3 Å².